The second kappa shape index (κ2) is 14.7. The SMILES string of the molecule is C=CC(C)=O.CC(=O)CCn1[nH]c(=O)ccc1=O.NNC(=O)C=CC(=O)O. The molecule has 0 saturated carbocycles. The molecule has 1 rings (SSSR count). The van der Waals surface area contributed by atoms with Crippen LogP contribution in [0.5, 0.6) is 0 Å². The monoisotopic (exact) mass is 382 g/mol. The summed E-state index contributed by atoms with van der Waals surface area (Å²) in [4.78, 5) is 62.0. The lowest BCUT2D eigenvalue weighted by molar-refractivity contribution is -0.131. The Balaban J connectivity index is 0. The van der Waals surface area contributed by atoms with E-state index in [1.165, 1.54) is 26.0 Å². The van der Waals surface area contributed by atoms with Gasteiger partial charge in [0.2, 0.25) is 0 Å². The zero-order chi connectivity index (χ0) is 21.4. The van der Waals surface area contributed by atoms with Gasteiger partial charge in [-0.3, -0.25) is 34.5 Å². The number of carboxylic acids is 1. The van der Waals surface area contributed by atoms with E-state index in [1.54, 1.807) is 5.43 Å². The second-order valence-corrected chi connectivity index (χ2v) is 4.75. The van der Waals surface area contributed by atoms with Crippen molar-refractivity contribution < 1.29 is 24.3 Å². The van der Waals surface area contributed by atoms with Gasteiger partial charge in [0.15, 0.2) is 5.78 Å². The number of aryl methyl sites for hydroxylation is 1. The van der Waals surface area contributed by atoms with E-state index in [9.17, 15) is 28.8 Å². The number of nitrogens with one attached hydrogen (secondary N) is 2. The van der Waals surface area contributed by atoms with Gasteiger partial charge < -0.3 is 5.11 Å². The van der Waals surface area contributed by atoms with E-state index in [2.05, 4.69) is 17.5 Å². The number of hydrogen-bond donors (Lipinski definition) is 4. The number of carboxylic acid groups (broad SMARTS) is 1. The van der Waals surface area contributed by atoms with Gasteiger partial charge in [0, 0.05) is 37.3 Å². The van der Waals surface area contributed by atoms with Crippen LogP contribution in [-0.4, -0.2) is 38.3 Å². The van der Waals surface area contributed by atoms with Gasteiger partial charge in [-0.05, 0) is 19.9 Å². The number of aromatic nitrogens is 2. The van der Waals surface area contributed by atoms with E-state index < -0.39 is 11.9 Å². The lowest BCUT2D eigenvalue weighted by atomic mass is 10.3. The van der Waals surface area contributed by atoms with E-state index in [4.69, 9.17) is 5.11 Å². The molecule has 0 fully saturated rings. The van der Waals surface area contributed by atoms with Crippen molar-refractivity contribution in [3.05, 3.63) is 57.6 Å². The highest BCUT2D eigenvalue weighted by Gasteiger charge is 1.98. The maximum atomic E-state index is 11.1. The summed E-state index contributed by atoms with van der Waals surface area (Å²) < 4.78 is 1.13. The molecule has 11 heteroatoms. The quantitative estimate of drug-likeness (QED) is 0.207. The number of nitrogens with zero attached hydrogens (tertiary/aromatic N) is 1. The first-order valence-corrected chi connectivity index (χ1v) is 7.37. The maximum absolute atomic E-state index is 11.1. The van der Waals surface area contributed by atoms with Gasteiger partial charge in [0.25, 0.3) is 17.0 Å². The number of hydrogen-bond acceptors (Lipinski definition) is 7. The Labute approximate surface area is 154 Å². The number of allylic oxidation sites excluding steroid dienone is 1. The van der Waals surface area contributed by atoms with Crippen molar-refractivity contribution >= 4 is 23.4 Å². The Bertz CT molecular complexity index is 805. The molecule has 0 atom stereocenters. The molecule has 1 aromatic heterocycles. The smallest absolute Gasteiger partial charge is 0.328 e. The van der Waals surface area contributed by atoms with E-state index >= 15 is 0 Å². The summed E-state index contributed by atoms with van der Waals surface area (Å²) >= 11 is 0. The normalized spacial score (nSPS) is 9.15. The summed E-state index contributed by atoms with van der Waals surface area (Å²) in [5.74, 6) is 2.79. The maximum Gasteiger partial charge on any atom is 0.328 e. The fraction of sp³-hybridized carbons (Fsp3) is 0.250. The third-order valence-electron chi connectivity index (χ3n) is 2.38. The highest BCUT2D eigenvalue weighted by molar-refractivity contribution is 5.93. The minimum absolute atomic E-state index is 0.0170. The van der Waals surface area contributed by atoms with Gasteiger partial charge in [-0.2, -0.15) is 0 Å². The first-order chi connectivity index (χ1) is 12.5. The van der Waals surface area contributed by atoms with Gasteiger partial charge in [0.1, 0.15) is 5.78 Å². The van der Waals surface area contributed by atoms with Crippen LogP contribution in [0.15, 0.2) is 46.5 Å². The molecule has 148 valence electrons. The average molecular weight is 382 g/mol. The number of H-pyrrole nitrogens is 1. The highest BCUT2D eigenvalue weighted by atomic mass is 16.4. The molecule has 0 aliphatic carbocycles. The van der Waals surface area contributed by atoms with Gasteiger partial charge >= 0.3 is 5.97 Å². The number of carbonyl (C=O) groups excluding carboxylic acids is 3. The number of carbonyl (C=O) groups is 4. The van der Waals surface area contributed by atoms with Crippen LogP contribution in [0.4, 0.5) is 0 Å². The molecular weight excluding hydrogens is 360 g/mol. The minimum atomic E-state index is -1.18. The molecule has 0 bridgehead atoms. The van der Waals surface area contributed by atoms with Crippen molar-refractivity contribution in [2.24, 2.45) is 5.84 Å². The van der Waals surface area contributed by atoms with Crippen LogP contribution in [0, 0.1) is 0 Å². The number of ketones is 2. The van der Waals surface area contributed by atoms with E-state index in [1.807, 2.05) is 0 Å². The highest BCUT2D eigenvalue weighted by Crippen LogP contribution is 1.83. The number of nitrogens with two attached hydrogens (primary N) is 1. The molecule has 5 N–H and O–H groups in total. The first-order valence-electron chi connectivity index (χ1n) is 7.37. The zero-order valence-corrected chi connectivity index (χ0v) is 14.9. The summed E-state index contributed by atoms with van der Waals surface area (Å²) in [6.07, 6.45) is 3.05. The second-order valence-electron chi connectivity index (χ2n) is 4.75. The summed E-state index contributed by atoms with van der Waals surface area (Å²) in [6, 6.07) is 2.34. The Morgan fingerprint density at radius 2 is 1.78 bits per heavy atom. The molecule has 1 heterocycles. The van der Waals surface area contributed by atoms with Crippen LogP contribution in [0.2, 0.25) is 0 Å². The predicted molar refractivity (Wildman–Crippen MR) is 96.6 cm³/mol. The Kier molecular flexibility index (Phi) is 14.0. The fourth-order valence-corrected chi connectivity index (χ4v) is 1.09. The van der Waals surface area contributed by atoms with Crippen molar-refractivity contribution in [2.75, 3.05) is 0 Å². The Morgan fingerprint density at radius 1 is 1.22 bits per heavy atom. The zero-order valence-electron chi connectivity index (χ0n) is 14.9. The third kappa shape index (κ3) is 17.0. The van der Waals surface area contributed by atoms with Crippen LogP contribution < -0.4 is 22.4 Å². The Hall–Kier alpha value is -3.60. The fourth-order valence-electron chi connectivity index (χ4n) is 1.09. The molecule has 1 aromatic rings. The van der Waals surface area contributed by atoms with Crippen LogP contribution in [0.3, 0.4) is 0 Å². The van der Waals surface area contributed by atoms with Crippen LogP contribution in [0.25, 0.3) is 0 Å². The van der Waals surface area contributed by atoms with Crippen molar-refractivity contribution in [1.29, 1.82) is 0 Å². The topological polar surface area (TPSA) is 181 Å². The summed E-state index contributed by atoms with van der Waals surface area (Å²) in [5.41, 5.74) is 1.08. The van der Waals surface area contributed by atoms with Crippen molar-refractivity contribution in [3.63, 3.8) is 0 Å². The lowest BCUT2D eigenvalue weighted by Crippen LogP contribution is -2.28. The molecule has 0 saturated heterocycles. The standard InChI is InChI=1S/C8H10N2O3.C4H6N2O3.C4H6O/c1-6(11)4-5-10-8(13)3-2-7(12)9-10;5-6-3(7)1-2-4(8)9;1-3-4(2)5/h2-3H,4-5H2,1H3,(H,9,12);1-2H,5H2,(H,6,7)(H,8,9);3H,1H2,2H3. The number of aromatic amines is 1. The summed E-state index contributed by atoms with van der Waals surface area (Å²) in [5, 5.41) is 10.3. The lowest BCUT2D eigenvalue weighted by Gasteiger charge is -2.01. The molecule has 0 aliphatic heterocycles. The van der Waals surface area contributed by atoms with Crippen LogP contribution in [-0.2, 0) is 25.7 Å². The number of aliphatic carboxylic acids is 1. The van der Waals surface area contributed by atoms with Gasteiger partial charge in [-0.1, -0.05) is 6.58 Å². The molecule has 0 radical (unpaired) electrons. The Morgan fingerprint density at radius 3 is 2.19 bits per heavy atom. The minimum Gasteiger partial charge on any atom is -0.478 e. The molecule has 11 nitrogen and oxygen atoms in total. The number of Topliss-reactive ketones (excluding diaryl/α,β-unsaturated/α-hetero) is 1. The molecular formula is C16H22N4O7. The summed E-state index contributed by atoms with van der Waals surface area (Å²) in [7, 11) is 0. The predicted octanol–water partition coefficient (Wildman–Crippen LogP) is -1.11. The van der Waals surface area contributed by atoms with Crippen molar-refractivity contribution in [1.82, 2.24) is 15.2 Å². The average Bonchev–Trinajstić information content (AvgIpc) is 2.61. The van der Waals surface area contributed by atoms with Crippen LogP contribution >= 0.6 is 0 Å². The van der Waals surface area contributed by atoms with Crippen molar-refractivity contribution in [2.45, 2.75) is 26.8 Å². The third-order valence-corrected chi connectivity index (χ3v) is 2.38. The molecule has 0 aromatic carbocycles. The molecule has 0 spiro atoms. The van der Waals surface area contributed by atoms with E-state index in [0.29, 0.717) is 6.08 Å². The number of hydrazine groups is 1. The molecule has 1 amide bonds. The molecule has 27 heavy (non-hydrogen) atoms. The largest absolute Gasteiger partial charge is 0.478 e. The number of rotatable bonds is 6. The van der Waals surface area contributed by atoms with Crippen LogP contribution in [0.1, 0.15) is 20.3 Å². The van der Waals surface area contributed by atoms with E-state index in [0.717, 1.165) is 16.8 Å². The van der Waals surface area contributed by atoms with Gasteiger partial charge in [-0.25, -0.2) is 15.3 Å². The molecule has 0 aliphatic rings. The van der Waals surface area contributed by atoms with E-state index in [-0.39, 0.29) is 35.7 Å². The summed E-state index contributed by atoms with van der Waals surface area (Å²) in [6.45, 7) is 6.34. The van der Waals surface area contributed by atoms with Gasteiger partial charge in [0.05, 0.1) is 0 Å². The first kappa shape index (κ1) is 25.6. The van der Waals surface area contributed by atoms with Crippen molar-refractivity contribution in [3.8, 4) is 0 Å². The van der Waals surface area contributed by atoms with Gasteiger partial charge in [-0.15, -0.1) is 0 Å². The molecule has 0 unspecified atom stereocenters. The number of amides is 1.